The van der Waals surface area contributed by atoms with Crippen LogP contribution in [0, 0.1) is 0 Å². The van der Waals surface area contributed by atoms with E-state index in [9.17, 15) is 0 Å². The Labute approximate surface area is 116 Å². The first-order valence-corrected chi connectivity index (χ1v) is 7.01. The van der Waals surface area contributed by atoms with E-state index < -0.39 is 0 Å². The van der Waals surface area contributed by atoms with Crippen molar-refractivity contribution in [3.05, 3.63) is 23.8 Å². The molecule has 0 aromatic heterocycles. The Balaban J connectivity index is 2.13. The zero-order chi connectivity index (χ0) is 13.8. The predicted molar refractivity (Wildman–Crippen MR) is 79.8 cm³/mol. The molecule has 2 N–H and O–H groups in total. The normalized spacial score (nSPS) is 17.0. The van der Waals surface area contributed by atoms with Gasteiger partial charge >= 0.3 is 0 Å². The zero-order valence-corrected chi connectivity index (χ0v) is 12.2. The Kier molecular flexibility index (Phi) is 4.66. The van der Waals surface area contributed by atoms with Crippen molar-refractivity contribution in [1.82, 2.24) is 4.90 Å². The zero-order valence-electron chi connectivity index (χ0n) is 12.2. The van der Waals surface area contributed by atoms with Crippen LogP contribution in [-0.4, -0.2) is 44.2 Å². The predicted octanol–water partition coefficient (Wildman–Crippen LogP) is 1.68. The average molecular weight is 263 g/mol. The Hall–Kier alpha value is -1.26. The fourth-order valence-electron chi connectivity index (χ4n) is 2.62. The highest BCUT2D eigenvalue weighted by Crippen LogP contribution is 2.27. The van der Waals surface area contributed by atoms with Gasteiger partial charge < -0.3 is 15.4 Å². The second-order valence-electron chi connectivity index (χ2n) is 5.32. The highest BCUT2D eigenvalue weighted by Gasteiger charge is 2.20. The van der Waals surface area contributed by atoms with Crippen molar-refractivity contribution >= 4 is 5.69 Å². The maximum absolute atomic E-state index is 5.85. The third-order valence-electron chi connectivity index (χ3n) is 3.90. The van der Waals surface area contributed by atoms with Gasteiger partial charge in [0.05, 0.1) is 7.11 Å². The molecule has 0 aliphatic carbocycles. The van der Waals surface area contributed by atoms with Gasteiger partial charge in [-0.1, -0.05) is 6.07 Å². The summed E-state index contributed by atoms with van der Waals surface area (Å²) in [6.45, 7) is 9.41. The molecule has 0 radical (unpaired) electrons. The number of ether oxygens (including phenoxy) is 1. The van der Waals surface area contributed by atoms with Gasteiger partial charge in [-0.3, -0.25) is 4.90 Å². The van der Waals surface area contributed by atoms with E-state index in [0.717, 1.165) is 31.9 Å². The summed E-state index contributed by atoms with van der Waals surface area (Å²) in [6.07, 6.45) is 0. The number of benzene rings is 1. The van der Waals surface area contributed by atoms with Crippen LogP contribution >= 0.6 is 0 Å². The first kappa shape index (κ1) is 14.2. The lowest BCUT2D eigenvalue weighted by molar-refractivity contribution is 0.209. The molecule has 1 aromatic rings. The molecular weight excluding hydrogens is 238 g/mol. The molecule has 0 amide bonds. The van der Waals surface area contributed by atoms with Crippen LogP contribution in [0.2, 0.25) is 0 Å². The molecule has 1 aliphatic rings. The van der Waals surface area contributed by atoms with E-state index in [4.69, 9.17) is 10.5 Å². The van der Waals surface area contributed by atoms with Crippen LogP contribution in [0.5, 0.6) is 5.75 Å². The van der Waals surface area contributed by atoms with Crippen LogP contribution < -0.4 is 15.4 Å². The molecular formula is C15H25N3O. The maximum atomic E-state index is 5.85. The lowest BCUT2D eigenvalue weighted by atomic mass is 10.1. The maximum Gasteiger partial charge on any atom is 0.120 e. The van der Waals surface area contributed by atoms with Crippen LogP contribution in [0.1, 0.15) is 19.4 Å². The number of methoxy groups -OCH3 is 1. The molecule has 1 saturated heterocycles. The van der Waals surface area contributed by atoms with Gasteiger partial charge in [0.15, 0.2) is 0 Å². The molecule has 0 saturated carbocycles. The highest BCUT2D eigenvalue weighted by atomic mass is 16.5. The van der Waals surface area contributed by atoms with Crippen molar-refractivity contribution in [2.45, 2.75) is 26.4 Å². The number of hydrogen-bond acceptors (Lipinski definition) is 4. The van der Waals surface area contributed by atoms with Gasteiger partial charge in [0.2, 0.25) is 0 Å². The van der Waals surface area contributed by atoms with E-state index in [1.165, 1.54) is 11.3 Å². The minimum atomic E-state index is 0.573. The van der Waals surface area contributed by atoms with Crippen molar-refractivity contribution in [1.29, 1.82) is 0 Å². The van der Waals surface area contributed by atoms with Crippen molar-refractivity contribution in [3.63, 3.8) is 0 Å². The molecule has 106 valence electrons. The van der Waals surface area contributed by atoms with Crippen molar-refractivity contribution in [3.8, 4) is 5.75 Å². The molecule has 0 unspecified atom stereocenters. The summed E-state index contributed by atoms with van der Waals surface area (Å²) in [5.41, 5.74) is 8.27. The van der Waals surface area contributed by atoms with E-state index in [-0.39, 0.29) is 0 Å². The SMILES string of the molecule is COc1ccc(CN)c(N2CCN(C(C)C)CC2)c1. The quantitative estimate of drug-likeness (QED) is 0.897. The van der Waals surface area contributed by atoms with Crippen LogP contribution in [0.15, 0.2) is 18.2 Å². The van der Waals surface area contributed by atoms with Crippen LogP contribution in [0.3, 0.4) is 0 Å². The lowest BCUT2D eigenvalue weighted by Crippen LogP contribution is -2.49. The number of hydrogen-bond donors (Lipinski definition) is 1. The molecule has 1 fully saturated rings. The van der Waals surface area contributed by atoms with E-state index in [1.54, 1.807) is 7.11 Å². The number of anilines is 1. The fraction of sp³-hybridized carbons (Fsp3) is 0.600. The second kappa shape index (κ2) is 6.26. The molecule has 4 nitrogen and oxygen atoms in total. The number of piperazine rings is 1. The smallest absolute Gasteiger partial charge is 0.120 e. The summed E-state index contributed by atoms with van der Waals surface area (Å²) in [6, 6.07) is 6.79. The Morgan fingerprint density at radius 1 is 1.21 bits per heavy atom. The molecule has 19 heavy (non-hydrogen) atoms. The van der Waals surface area contributed by atoms with Gasteiger partial charge in [0.1, 0.15) is 5.75 Å². The molecule has 0 bridgehead atoms. The Morgan fingerprint density at radius 2 is 1.89 bits per heavy atom. The van der Waals surface area contributed by atoms with E-state index >= 15 is 0 Å². The van der Waals surface area contributed by atoms with Crippen LogP contribution in [-0.2, 0) is 6.54 Å². The van der Waals surface area contributed by atoms with Crippen molar-refractivity contribution in [2.24, 2.45) is 5.73 Å². The van der Waals surface area contributed by atoms with Gasteiger partial charge in [0.25, 0.3) is 0 Å². The number of nitrogens with zero attached hydrogens (tertiary/aromatic N) is 2. The van der Waals surface area contributed by atoms with E-state index in [0.29, 0.717) is 12.6 Å². The summed E-state index contributed by atoms with van der Waals surface area (Å²) in [5.74, 6) is 0.901. The molecule has 1 heterocycles. The largest absolute Gasteiger partial charge is 0.497 e. The van der Waals surface area contributed by atoms with Crippen LogP contribution in [0.4, 0.5) is 5.69 Å². The molecule has 1 aromatic carbocycles. The summed E-state index contributed by atoms with van der Waals surface area (Å²) < 4.78 is 5.33. The topological polar surface area (TPSA) is 41.7 Å². The van der Waals surface area contributed by atoms with E-state index in [1.807, 2.05) is 6.07 Å². The number of rotatable bonds is 4. The van der Waals surface area contributed by atoms with Crippen molar-refractivity contribution < 1.29 is 4.74 Å². The summed E-state index contributed by atoms with van der Waals surface area (Å²) in [7, 11) is 1.71. The summed E-state index contributed by atoms with van der Waals surface area (Å²) in [5, 5.41) is 0. The summed E-state index contributed by atoms with van der Waals surface area (Å²) >= 11 is 0. The van der Waals surface area contributed by atoms with Crippen molar-refractivity contribution in [2.75, 3.05) is 38.2 Å². The Morgan fingerprint density at radius 3 is 2.42 bits per heavy atom. The summed E-state index contributed by atoms with van der Waals surface area (Å²) in [4.78, 5) is 4.93. The Bertz CT molecular complexity index is 412. The molecule has 2 rings (SSSR count). The minimum absolute atomic E-state index is 0.573. The molecule has 0 atom stereocenters. The third-order valence-corrected chi connectivity index (χ3v) is 3.90. The van der Waals surface area contributed by atoms with Gasteiger partial charge in [0, 0.05) is 50.5 Å². The van der Waals surface area contributed by atoms with Crippen LogP contribution in [0.25, 0.3) is 0 Å². The second-order valence-corrected chi connectivity index (χ2v) is 5.32. The average Bonchev–Trinajstić information content (AvgIpc) is 2.46. The minimum Gasteiger partial charge on any atom is -0.497 e. The standard InChI is InChI=1S/C15H25N3O/c1-12(2)17-6-8-18(9-7-17)15-10-14(19-3)5-4-13(15)11-16/h4-5,10,12H,6-9,11,16H2,1-3H3. The van der Waals surface area contributed by atoms with Gasteiger partial charge in [-0.05, 0) is 25.5 Å². The number of nitrogens with two attached hydrogens (primary N) is 1. The highest BCUT2D eigenvalue weighted by molar-refractivity contribution is 5.57. The van der Waals surface area contributed by atoms with Gasteiger partial charge in [-0.25, -0.2) is 0 Å². The molecule has 4 heteroatoms. The third kappa shape index (κ3) is 3.19. The van der Waals surface area contributed by atoms with Gasteiger partial charge in [-0.15, -0.1) is 0 Å². The first-order chi connectivity index (χ1) is 9.15. The van der Waals surface area contributed by atoms with E-state index in [2.05, 4.69) is 35.8 Å². The molecule has 1 aliphatic heterocycles. The fourth-order valence-corrected chi connectivity index (χ4v) is 2.62. The first-order valence-electron chi connectivity index (χ1n) is 7.01. The van der Waals surface area contributed by atoms with Gasteiger partial charge in [-0.2, -0.15) is 0 Å². The molecule has 0 spiro atoms. The lowest BCUT2D eigenvalue weighted by Gasteiger charge is -2.38. The monoisotopic (exact) mass is 263 g/mol.